The highest BCUT2D eigenvalue weighted by Gasteiger charge is 2.54. The summed E-state index contributed by atoms with van der Waals surface area (Å²) in [6.45, 7) is 7.67. The standard InChI is InChI=1S/C15H20N2O7/c1-4-5-17-11(9-7-23-15(2,3)24-9)10(12(17)18)16-6-8(13(19)20)14(21)22/h4,6,9-11,16H,1,5,7H2,2-3H3,(H,19,20)(H,21,22)/t9-,10?,11?/m0/s1. The van der Waals surface area contributed by atoms with Crippen molar-refractivity contribution in [3.63, 3.8) is 0 Å². The number of β-lactam (4-membered cyclic amide) rings is 1. The summed E-state index contributed by atoms with van der Waals surface area (Å²) < 4.78 is 11.3. The molecule has 0 bridgehead atoms. The Morgan fingerprint density at radius 3 is 2.50 bits per heavy atom. The van der Waals surface area contributed by atoms with Gasteiger partial charge in [0.2, 0.25) is 5.91 Å². The summed E-state index contributed by atoms with van der Waals surface area (Å²) in [7, 11) is 0. The van der Waals surface area contributed by atoms with Crippen LogP contribution in [-0.4, -0.2) is 70.1 Å². The van der Waals surface area contributed by atoms with Gasteiger partial charge < -0.3 is 29.9 Å². The highest BCUT2D eigenvalue weighted by Crippen LogP contribution is 2.32. The normalized spacial score (nSPS) is 28.0. The number of nitrogens with one attached hydrogen (secondary N) is 1. The minimum atomic E-state index is -1.59. The topological polar surface area (TPSA) is 125 Å². The maximum absolute atomic E-state index is 12.2. The number of carboxylic acids is 2. The minimum absolute atomic E-state index is 0.269. The summed E-state index contributed by atoms with van der Waals surface area (Å²) in [5.74, 6) is -4.26. The van der Waals surface area contributed by atoms with Gasteiger partial charge in [-0.3, -0.25) is 4.79 Å². The third-order valence-electron chi connectivity index (χ3n) is 3.86. The second-order valence-electron chi connectivity index (χ2n) is 5.95. The molecule has 0 aromatic rings. The van der Waals surface area contributed by atoms with E-state index in [1.54, 1.807) is 19.9 Å². The number of likely N-dealkylation sites (tertiary alicyclic amines) is 1. The Labute approximate surface area is 138 Å². The number of hydrogen-bond donors (Lipinski definition) is 3. The van der Waals surface area contributed by atoms with Crippen molar-refractivity contribution in [3.05, 3.63) is 24.4 Å². The lowest BCUT2D eigenvalue weighted by Crippen LogP contribution is -2.73. The van der Waals surface area contributed by atoms with Crippen molar-refractivity contribution in [1.29, 1.82) is 0 Å². The highest BCUT2D eigenvalue weighted by atomic mass is 16.7. The van der Waals surface area contributed by atoms with E-state index in [9.17, 15) is 14.4 Å². The number of rotatable bonds is 7. The third-order valence-corrected chi connectivity index (χ3v) is 3.86. The Bertz CT molecular complexity index is 583. The van der Waals surface area contributed by atoms with Crippen LogP contribution < -0.4 is 5.32 Å². The monoisotopic (exact) mass is 340 g/mol. The largest absolute Gasteiger partial charge is 0.477 e. The van der Waals surface area contributed by atoms with Crippen molar-refractivity contribution in [2.75, 3.05) is 13.2 Å². The molecule has 3 N–H and O–H groups in total. The number of carbonyl (C=O) groups excluding carboxylic acids is 1. The molecule has 2 fully saturated rings. The lowest BCUT2D eigenvalue weighted by Gasteiger charge is -2.48. The second-order valence-corrected chi connectivity index (χ2v) is 5.95. The molecule has 132 valence electrons. The molecular formula is C15H20N2O7. The fourth-order valence-electron chi connectivity index (χ4n) is 2.78. The van der Waals surface area contributed by atoms with E-state index in [4.69, 9.17) is 19.7 Å². The SMILES string of the molecule is C=CCN1C(=O)C(NC=C(C(=O)O)C(=O)O)C1[C@@H]1COC(C)(C)O1. The first-order valence-electron chi connectivity index (χ1n) is 7.34. The van der Waals surface area contributed by atoms with Crippen LogP contribution in [0.1, 0.15) is 13.8 Å². The molecule has 2 rings (SSSR count). The van der Waals surface area contributed by atoms with E-state index in [0.717, 1.165) is 6.20 Å². The summed E-state index contributed by atoms with van der Waals surface area (Å²) in [6, 6.07) is -1.21. The minimum Gasteiger partial charge on any atom is -0.477 e. The van der Waals surface area contributed by atoms with Gasteiger partial charge >= 0.3 is 11.9 Å². The van der Waals surface area contributed by atoms with Crippen molar-refractivity contribution in [2.45, 2.75) is 37.8 Å². The predicted octanol–water partition coefficient (Wildman–Crippen LogP) is -0.454. The highest BCUT2D eigenvalue weighted by molar-refractivity contribution is 6.12. The molecule has 0 aliphatic carbocycles. The number of carboxylic acid groups (broad SMARTS) is 2. The number of hydrogen-bond acceptors (Lipinski definition) is 6. The number of carbonyl (C=O) groups is 3. The van der Waals surface area contributed by atoms with Gasteiger partial charge in [0.1, 0.15) is 12.1 Å². The molecule has 9 nitrogen and oxygen atoms in total. The zero-order valence-electron chi connectivity index (χ0n) is 13.4. The molecule has 2 aliphatic heterocycles. The van der Waals surface area contributed by atoms with Crippen molar-refractivity contribution >= 4 is 17.8 Å². The zero-order valence-corrected chi connectivity index (χ0v) is 13.4. The molecule has 2 aliphatic rings. The van der Waals surface area contributed by atoms with Gasteiger partial charge in [-0.15, -0.1) is 6.58 Å². The fraction of sp³-hybridized carbons (Fsp3) is 0.533. The van der Waals surface area contributed by atoms with Crippen molar-refractivity contribution in [1.82, 2.24) is 10.2 Å². The van der Waals surface area contributed by atoms with E-state index in [1.165, 1.54) is 4.90 Å². The zero-order chi connectivity index (χ0) is 18.1. The molecule has 2 saturated heterocycles. The second kappa shape index (κ2) is 6.62. The molecule has 3 atom stereocenters. The molecule has 1 amide bonds. The quantitative estimate of drug-likeness (QED) is 0.187. The van der Waals surface area contributed by atoms with E-state index < -0.39 is 41.5 Å². The Morgan fingerprint density at radius 2 is 2.04 bits per heavy atom. The Kier molecular flexibility index (Phi) is 4.95. The molecule has 0 aromatic heterocycles. The molecule has 0 aromatic carbocycles. The molecule has 0 spiro atoms. The summed E-state index contributed by atoms with van der Waals surface area (Å²) in [5, 5.41) is 20.3. The van der Waals surface area contributed by atoms with Crippen molar-refractivity contribution in [3.8, 4) is 0 Å². The van der Waals surface area contributed by atoms with E-state index in [2.05, 4.69) is 11.9 Å². The van der Waals surface area contributed by atoms with E-state index in [0.29, 0.717) is 6.54 Å². The van der Waals surface area contributed by atoms with Crippen LogP contribution >= 0.6 is 0 Å². The van der Waals surface area contributed by atoms with Crippen LogP contribution in [0.5, 0.6) is 0 Å². The van der Waals surface area contributed by atoms with Crippen LogP contribution in [0.2, 0.25) is 0 Å². The summed E-state index contributed by atoms with van der Waals surface area (Å²) >= 11 is 0. The summed E-state index contributed by atoms with van der Waals surface area (Å²) in [4.78, 5) is 35.5. The van der Waals surface area contributed by atoms with E-state index >= 15 is 0 Å². The van der Waals surface area contributed by atoms with E-state index in [1.807, 2.05) is 0 Å². The lowest BCUT2D eigenvalue weighted by molar-refractivity contribution is -0.172. The molecule has 0 saturated carbocycles. The van der Waals surface area contributed by atoms with Crippen molar-refractivity contribution < 1.29 is 34.1 Å². The van der Waals surface area contributed by atoms with Crippen molar-refractivity contribution in [2.24, 2.45) is 0 Å². The first-order chi connectivity index (χ1) is 11.2. The van der Waals surface area contributed by atoms with Gasteiger partial charge in [-0.2, -0.15) is 0 Å². The van der Waals surface area contributed by atoms with Gasteiger partial charge in [-0.25, -0.2) is 9.59 Å². The third kappa shape index (κ3) is 3.41. The van der Waals surface area contributed by atoms with Crippen LogP contribution in [-0.2, 0) is 23.9 Å². The predicted molar refractivity (Wildman–Crippen MR) is 80.9 cm³/mol. The van der Waals surface area contributed by atoms with Gasteiger partial charge in [0.25, 0.3) is 0 Å². The molecule has 2 heterocycles. The van der Waals surface area contributed by atoms with Crippen LogP contribution in [0.25, 0.3) is 0 Å². The number of nitrogens with zero attached hydrogens (tertiary/aromatic N) is 1. The lowest BCUT2D eigenvalue weighted by atomic mass is 9.90. The first-order valence-corrected chi connectivity index (χ1v) is 7.34. The number of ether oxygens (including phenoxy) is 2. The summed E-state index contributed by atoms with van der Waals surface area (Å²) in [6.07, 6.45) is 1.98. The Balaban J connectivity index is 2.16. The van der Waals surface area contributed by atoms with E-state index in [-0.39, 0.29) is 12.5 Å². The van der Waals surface area contributed by atoms with Gasteiger partial charge in [0.15, 0.2) is 11.4 Å². The maximum Gasteiger partial charge on any atom is 0.344 e. The fourth-order valence-corrected chi connectivity index (χ4v) is 2.78. The maximum atomic E-state index is 12.2. The number of aliphatic carboxylic acids is 2. The Morgan fingerprint density at radius 1 is 1.42 bits per heavy atom. The molecule has 9 heteroatoms. The average Bonchev–Trinajstić information content (AvgIpc) is 2.83. The van der Waals surface area contributed by atoms with Gasteiger partial charge in [-0.1, -0.05) is 6.08 Å². The number of amides is 1. The summed E-state index contributed by atoms with van der Waals surface area (Å²) in [5.41, 5.74) is -0.854. The van der Waals surface area contributed by atoms with Crippen LogP contribution in [0.15, 0.2) is 24.4 Å². The molecule has 0 radical (unpaired) electrons. The Hall–Kier alpha value is -2.39. The first kappa shape index (κ1) is 18.0. The van der Waals surface area contributed by atoms with Gasteiger partial charge in [0.05, 0.1) is 12.6 Å². The van der Waals surface area contributed by atoms with Gasteiger partial charge in [0, 0.05) is 12.7 Å². The van der Waals surface area contributed by atoms with Crippen LogP contribution in [0, 0.1) is 0 Å². The molecule has 2 unspecified atom stereocenters. The van der Waals surface area contributed by atoms with Gasteiger partial charge in [-0.05, 0) is 13.8 Å². The van der Waals surface area contributed by atoms with Crippen LogP contribution in [0.4, 0.5) is 0 Å². The smallest absolute Gasteiger partial charge is 0.344 e. The molecule has 24 heavy (non-hydrogen) atoms. The van der Waals surface area contributed by atoms with Crippen LogP contribution in [0.3, 0.4) is 0 Å². The average molecular weight is 340 g/mol. The molecular weight excluding hydrogens is 320 g/mol.